The van der Waals surface area contributed by atoms with Gasteiger partial charge < -0.3 is 19.9 Å². The molecule has 6 rings (SSSR count). The van der Waals surface area contributed by atoms with Crippen molar-refractivity contribution >= 4 is 23.2 Å². The van der Waals surface area contributed by atoms with Crippen molar-refractivity contribution in [1.82, 2.24) is 5.32 Å². The van der Waals surface area contributed by atoms with Gasteiger partial charge in [-0.15, -0.1) is 0 Å². The second-order valence-corrected chi connectivity index (χ2v) is 11.3. The number of nitrogens with one attached hydrogen (secondary N) is 1. The fourth-order valence-corrected chi connectivity index (χ4v) is 6.41. The number of hydrogen-bond donors (Lipinski definition) is 1. The van der Waals surface area contributed by atoms with E-state index in [-0.39, 0.29) is 29.7 Å². The largest absolute Gasteiger partial charge is 0.385 e. The summed E-state index contributed by atoms with van der Waals surface area (Å²) >= 11 is 0. The molecule has 6 heteroatoms. The third-order valence-corrected chi connectivity index (χ3v) is 8.65. The van der Waals surface area contributed by atoms with E-state index in [2.05, 4.69) is 76.9 Å². The first-order chi connectivity index (χ1) is 19.6. The second-order valence-electron chi connectivity index (χ2n) is 11.3. The summed E-state index contributed by atoms with van der Waals surface area (Å²) in [6, 6.07) is 25.7. The third-order valence-electron chi connectivity index (χ3n) is 8.65. The molecule has 2 aliphatic heterocycles. The van der Waals surface area contributed by atoms with Crippen LogP contribution in [-0.2, 0) is 20.7 Å². The number of methoxy groups -OCH3 is 1. The minimum atomic E-state index is -0.143. The predicted octanol–water partition coefficient (Wildman–Crippen LogP) is 5.56. The van der Waals surface area contributed by atoms with E-state index >= 15 is 0 Å². The Labute approximate surface area is 237 Å². The Hall–Kier alpha value is -3.48. The zero-order chi connectivity index (χ0) is 27.5. The summed E-state index contributed by atoms with van der Waals surface area (Å²) in [5.74, 6) is 0.358. The van der Waals surface area contributed by atoms with E-state index in [0.29, 0.717) is 26.1 Å². The maximum absolute atomic E-state index is 14.4. The van der Waals surface area contributed by atoms with Crippen molar-refractivity contribution in [1.29, 1.82) is 0 Å². The van der Waals surface area contributed by atoms with Crippen molar-refractivity contribution in [3.63, 3.8) is 0 Å². The molecule has 1 saturated heterocycles. The second kappa shape index (κ2) is 11.9. The Morgan fingerprint density at radius 1 is 0.975 bits per heavy atom. The van der Waals surface area contributed by atoms with Crippen LogP contribution < -0.4 is 15.1 Å². The molecule has 1 saturated carbocycles. The van der Waals surface area contributed by atoms with Crippen LogP contribution >= 0.6 is 0 Å². The van der Waals surface area contributed by atoms with Crippen LogP contribution in [0, 0.1) is 5.92 Å². The number of carbonyl (C=O) groups is 2. The molecule has 208 valence electrons. The smallest absolute Gasteiger partial charge is 0.232 e. The minimum absolute atomic E-state index is 0.143. The van der Waals surface area contributed by atoms with Gasteiger partial charge in [-0.3, -0.25) is 9.59 Å². The average molecular weight is 538 g/mol. The molecular formula is C34H39N3O3. The van der Waals surface area contributed by atoms with Crippen molar-refractivity contribution in [2.24, 2.45) is 5.92 Å². The maximum Gasteiger partial charge on any atom is 0.232 e. The standard InChI is InChI=1S/C34H39N3O3/c1-40-20-6-19-36-32-22-29(13-11-25(32)12-16-33(36)38)37(28-14-15-28)34(39)31-23-35-18-17-30(31)27-10-5-9-26(21-27)24-7-3-2-4-8-24/h2-5,7-11,13,21-22,28,30-31,35H,6,12,14-20,23H2,1H3/t30-,31?/m1/s1. The summed E-state index contributed by atoms with van der Waals surface area (Å²) in [6.07, 6.45) is 5.04. The van der Waals surface area contributed by atoms with Crippen LogP contribution in [0.25, 0.3) is 11.1 Å². The lowest BCUT2D eigenvalue weighted by molar-refractivity contribution is -0.123. The van der Waals surface area contributed by atoms with Gasteiger partial charge in [0.25, 0.3) is 0 Å². The first-order valence-electron chi connectivity index (χ1n) is 14.8. The molecule has 0 spiro atoms. The number of aryl methyl sites for hydroxylation is 1. The Morgan fingerprint density at radius 3 is 2.60 bits per heavy atom. The van der Waals surface area contributed by atoms with Crippen LogP contribution in [0.3, 0.4) is 0 Å². The molecule has 3 aromatic carbocycles. The molecule has 2 atom stereocenters. The van der Waals surface area contributed by atoms with Crippen molar-refractivity contribution < 1.29 is 14.3 Å². The number of carbonyl (C=O) groups excluding carboxylic acids is 2. The summed E-state index contributed by atoms with van der Waals surface area (Å²) in [6.45, 7) is 2.83. The number of piperidine rings is 1. The lowest BCUT2D eigenvalue weighted by Crippen LogP contribution is -2.47. The van der Waals surface area contributed by atoms with Crippen LogP contribution in [-0.4, -0.2) is 51.2 Å². The van der Waals surface area contributed by atoms with Gasteiger partial charge in [0.1, 0.15) is 0 Å². The highest BCUT2D eigenvalue weighted by Gasteiger charge is 2.41. The highest BCUT2D eigenvalue weighted by molar-refractivity contribution is 6.00. The summed E-state index contributed by atoms with van der Waals surface area (Å²) < 4.78 is 5.24. The fourth-order valence-electron chi connectivity index (χ4n) is 6.41. The molecule has 40 heavy (non-hydrogen) atoms. The molecule has 0 bridgehead atoms. The fraction of sp³-hybridized carbons (Fsp3) is 0.412. The van der Waals surface area contributed by atoms with Crippen molar-refractivity contribution in [2.45, 2.75) is 50.5 Å². The van der Waals surface area contributed by atoms with Crippen LogP contribution in [0.5, 0.6) is 0 Å². The quantitative estimate of drug-likeness (QED) is 0.363. The number of ether oxygens (including phenoxy) is 1. The van der Waals surface area contributed by atoms with Crippen molar-refractivity contribution in [2.75, 3.05) is 43.2 Å². The third kappa shape index (κ3) is 5.56. The number of fused-ring (bicyclic) bond motifs is 1. The maximum atomic E-state index is 14.4. The Bertz CT molecular complexity index is 1350. The molecule has 3 aliphatic rings. The van der Waals surface area contributed by atoms with Crippen molar-refractivity contribution in [3.05, 3.63) is 83.9 Å². The normalized spacial score (nSPS) is 20.7. The zero-order valence-electron chi connectivity index (χ0n) is 23.4. The monoisotopic (exact) mass is 537 g/mol. The Balaban J connectivity index is 1.30. The van der Waals surface area contributed by atoms with Crippen LogP contribution in [0.4, 0.5) is 11.4 Å². The van der Waals surface area contributed by atoms with E-state index in [9.17, 15) is 9.59 Å². The number of anilines is 2. The first kappa shape index (κ1) is 26.7. The molecular weight excluding hydrogens is 498 g/mol. The zero-order valence-corrected chi connectivity index (χ0v) is 23.4. The van der Waals surface area contributed by atoms with Crippen LogP contribution in [0.2, 0.25) is 0 Å². The highest BCUT2D eigenvalue weighted by atomic mass is 16.5. The summed E-state index contributed by atoms with van der Waals surface area (Å²) in [5.41, 5.74) is 6.67. The lowest BCUT2D eigenvalue weighted by Gasteiger charge is -2.37. The number of nitrogens with zero attached hydrogens (tertiary/aromatic N) is 2. The van der Waals surface area contributed by atoms with Gasteiger partial charge in [-0.05, 0) is 79.0 Å². The van der Waals surface area contributed by atoms with Gasteiger partial charge in [-0.1, -0.05) is 60.7 Å². The number of rotatable bonds is 9. The molecule has 0 aromatic heterocycles. The van der Waals surface area contributed by atoms with Crippen LogP contribution in [0.1, 0.15) is 49.1 Å². The Kier molecular flexibility index (Phi) is 7.98. The van der Waals surface area contributed by atoms with E-state index in [1.807, 2.05) is 11.0 Å². The highest BCUT2D eigenvalue weighted by Crippen LogP contribution is 2.41. The average Bonchev–Trinajstić information content (AvgIpc) is 3.84. The van der Waals surface area contributed by atoms with Gasteiger partial charge in [0.2, 0.25) is 11.8 Å². The lowest BCUT2D eigenvalue weighted by atomic mass is 9.79. The minimum Gasteiger partial charge on any atom is -0.385 e. The number of hydrogen-bond acceptors (Lipinski definition) is 4. The molecule has 1 unspecified atom stereocenters. The van der Waals surface area contributed by atoms with Crippen LogP contribution in [0.15, 0.2) is 72.8 Å². The predicted molar refractivity (Wildman–Crippen MR) is 160 cm³/mol. The molecule has 2 amide bonds. The summed E-state index contributed by atoms with van der Waals surface area (Å²) in [4.78, 5) is 31.3. The number of benzene rings is 3. The SMILES string of the molecule is COCCCN1C(=O)CCc2ccc(N(C(=O)C3CNCC[C@@H]3c3cccc(-c4ccccc4)c3)C3CC3)cc21. The van der Waals surface area contributed by atoms with E-state index in [1.54, 1.807) is 7.11 Å². The van der Waals surface area contributed by atoms with Gasteiger partial charge in [-0.2, -0.15) is 0 Å². The van der Waals surface area contributed by atoms with E-state index in [0.717, 1.165) is 50.0 Å². The topological polar surface area (TPSA) is 61.9 Å². The van der Waals surface area contributed by atoms with Gasteiger partial charge in [-0.25, -0.2) is 0 Å². The summed E-state index contributed by atoms with van der Waals surface area (Å²) in [7, 11) is 1.69. The van der Waals surface area contributed by atoms with E-state index in [1.165, 1.54) is 22.3 Å². The van der Waals surface area contributed by atoms with Gasteiger partial charge >= 0.3 is 0 Å². The molecule has 1 N–H and O–H groups in total. The van der Waals surface area contributed by atoms with Gasteiger partial charge in [0.15, 0.2) is 0 Å². The molecule has 3 aromatic rings. The van der Waals surface area contributed by atoms with Crippen molar-refractivity contribution in [3.8, 4) is 11.1 Å². The summed E-state index contributed by atoms with van der Waals surface area (Å²) in [5, 5.41) is 3.51. The number of amides is 2. The molecule has 6 nitrogen and oxygen atoms in total. The van der Waals surface area contributed by atoms with E-state index < -0.39 is 0 Å². The molecule has 2 heterocycles. The Morgan fingerprint density at radius 2 is 1.80 bits per heavy atom. The molecule has 0 radical (unpaired) electrons. The van der Waals surface area contributed by atoms with Gasteiger partial charge in [0, 0.05) is 50.6 Å². The van der Waals surface area contributed by atoms with Gasteiger partial charge in [0.05, 0.1) is 5.92 Å². The first-order valence-corrected chi connectivity index (χ1v) is 14.8. The molecule has 1 aliphatic carbocycles. The molecule has 2 fully saturated rings. The van der Waals surface area contributed by atoms with E-state index in [4.69, 9.17) is 4.74 Å².